The van der Waals surface area contributed by atoms with Crippen molar-refractivity contribution >= 4 is 34.9 Å². The highest BCUT2D eigenvalue weighted by Gasteiger charge is 2.44. The molecule has 1 fully saturated rings. The summed E-state index contributed by atoms with van der Waals surface area (Å²) in [4.78, 5) is 27.8. The number of nitrogens with one attached hydrogen (secondary N) is 2. The number of aliphatic hydroxyl groups excluding tert-OH is 1. The zero-order valence-corrected chi connectivity index (χ0v) is 21.1. The van der Waals surface area contributed by atoms with Gasteiger partial charge in [0.15, 0.2) is 0 Å². The van der Waals surface area contributed by atoms with Crippen LogP contribution in [-0.2, 0) is 0 Å². The number of anilines is 2. The van der Waals surface area contributed by atoms with E-state index in [0.29, 0.717) is 29.7 Å². The molecule has 2 atom stereocenters. The fourth-order valence-electron chi connectivity index (χ4n) is 5.01. The topological polar surface area (TPSA) is 115 Å². The number of nitrogens with zero attached hydrogens (tertiary/aromatic N) is 2. The number of ether oxygens (including phenoxy) is 1. The number of carbonyl (C=O) groups is 2. The lowest BCUT2D eigenvalue weighted by Crippen LogP contribution is -2.34. The van der Waals surface area contributed by atoms with Crippen molar-refractivity contribution in [1.82, 2.24) is 5.32 Å². The molecule has 0 radical (unpaired) electrons. The number of fused-ring (bicyclic) bond motifs is 2. The first kappa shape index (κ1) is 25.1. The average molecular weight is 551 g/mol. The SMILES string of the molecule is N#CC1(COc2cc(NC(=O)N3C[C@H](O)c4cc(F)ccc43)c3c(c2)C(=O)N[C@@H]3c2cc(F)ccc2Cl)CC1. The van der Waals surface area contributed by atoms with Crippen LogP contribution in [0.2, 0.25) is 5.02 Å². The van der Waals surface area contributed by atoms with E-state index in [-0.39, 0.29) is 40.7 Å². The normalized spacial score (nSPS) is 20.1. The van der Waals surface area contributed by atoms with Crippen LogP contribution in [0.3, 0.4) is 0 Å². The highest BCUT2D eigenvalue weighted by Crippen LogP contribution is 2.46. The lowest BCUT2D eigenvalue weighted by atomic mass is 9.96. The number of rotatable bonds is 5. The molecule has 3 aromatic carbocycles. The Kier molecular flexibility index (Phi) is 5.93. The number of nitriles is 1. The van der Waals surface area contributed by atoms with Crippen LogP contribution in [0.25, 0.3) is 0 Å². The number of benzene rings is 3. The molecule has 2 heterocycles. The molecule has 0 bridgehead atoms. The number of halogens is 3. The lowest BCUT2D eigenvalue weighted by molar-refractivity contribution is 0.0960. The van der Waals surface area contributed by atoms with Gasteiger partial charge in [0.25, 0.3) is 5.91 Å². The van der Waals surface area contributed by atoms with Crippen LogP contribution < -0.4 is 20.3 Å². The van der Waals surface area contributed by atoms with E-state index in [0.717, 1.165) is 0 Å². The molecule has 0 spiro atoms. The monoisotopic (exact) mass is 550 g/mol. The molecule has 0 unspecified atom stereocenters. The second-order valence-electron chi connectivity index (χ2n) is 9.94. The van der Waals surface area contributed by atoms with E-state index < -0.39 is 41.1 Å². The molecule has 3 aromatic rings. The summed E-state index contributed by atoms with van der Waals surface area (Å²) in [5.41, 5.74) is 1.09. The summed E-state index contributed by atoms with van der Waals surface area (Å²) in [6.45, 7) is 0.0116. The third kappa shape index (κ3) is 4.43. The number of aliphatic hydroxyl groups is 1. The van der Waals surface area contributed by atoms with E-state index in [2.05, 4.69) is 16.7 Å². The number of hydrogen-bond acceptors (Lipinski definition) is 5. The Hall–Kier alpha value is -4.20. The molecule has 3 N–H and O–H groups in total. The fraction of sp³-hybridized carbons (Fsp3) is 0.250. The van der Waals surface area contributed by atoms with Crippen LogP contribution >= 0.6 is 11.6 Å². The first-order valence-corrected chi connectivity index (χ1v) is 12.6. The summed E-state index contributed by atoms with van der Waals surface area (Å²) < 4.78 is 33.8. The summed E-state index contributed by atoms with van der Waals surface area (Å²) >= 11 is 6.36. The van der Waals surface area contributed by atoms with E-state index >= 15 is 0 Å². The molecule has 6 rings (SSSR count). The fourth-order valence-corrected chi connectivity index (χ4v) is 5.23. The smallest absolute Gasteiger partial charge is 0.326 e. The van der Waals surface area contributed by atoms with Crippen molar-refractivity contribution in [2.45, 2.75) is 25.0 Å². The molecule has 1 aliphatic carbocycles. The minimum Gasteiger partial charge on any atom is -0.492 e. The van der Waals surface area contributed by atoms with Gasteiger partial charge in [-0.3, -0.25) is 9.69 Å². The van der Waals surface area contributed by atoms with Crippen LogP contribution in [0.4, 0.5) is 25.0 Å². The Balaban J connectivity index is 1.40. The minimum absolute atomic E-state index is 0.107. The molecule has 8 nitrogen and oxygen atoms in total. The van der Waals surface area contributed by atoms with Gasteiger partial charge >= 0.3 is 6.03 Å². The van der Waals surface area contributed by atoms with Crippen LogP contribution in [-0.4, -0.2) is 30.2 Å². The largest absolute Gasteiger partial charge is 0.492 e. The second-order valence-corrected chi connectivity index (χ2v) is 10.4. The Labute approximate surface area is 226 Å². The highest BCUT2D eigenvalue weighted by molar-refractivity contribution is 6.31. The van der Waals surface area contributed by atoms with Crippen LogP contribution in [0, 0.1) is 28.4 Å². The number of carbonyl (C=O) groups excluding carboxylic acids is 2. The summed E-state index contributed by atoms with van der Waals surface area (Å²) in [5.74, 6) is -1.31. The van der Waals surface area contributed by atoms with Gasteiger partial charge in [-0.05, 0) is 55.3 Å². The molecule has 198 valence electrons. The number of amides is 3. The predicted molar refractivity (Wildman–Crippen MR) is 138 cm³/mol. The zero-order valence-electron chi connectivity index (χ0n) is 20.3. The first-order valence-electron chi connectivity index (χ1n) is 12.2. The van der Waals surface area contributed by atoms with Crippen molar-refractivity contribution in [2.75, 3.05) is 23.4 Å². The van der Waals surface area contributed by atoms with E-state index in [1.54, 1.807) is 0 Å². The van der Waals surface area contributed by atoms with E-state index in [9.17, 15) is 28.7 Å². The van der Waals surface area contributed by atoms with Crippen molar-refractivity contribution in [3.05, 3.63) is 87.4 Å². The lowest BCUT2D eigenvalue weighted by Gasteiger charge is -2.22. The van der Waals surface area contributed by atoms with Gasteiger partial charge in [-0.1, -0.05) is 11.6 Å². The summed E-state index contributed by atoms with van der Waals surface area (Å²) in [6.07, 6.45) is 0.330. The third-order valence-corrected chi connectivity index (χ3v) is 7.66. The Morgan fingerprint density at radius 1 is 1.18 bits per heavy atom. The zero-order chi connectivity index (χ0) is 27.5. The molecule has 1 saturated carbocycles. The Morgan fingerprint density at radius 3 is 2.62 bits per heavy atom. The summed E-state index contributed by atoms with van der Waals surface area (Å²) in [7, 11) is 0. The average Bonchev–Trinajstić information content (AvgIpc) is 3.53. The van der Waals surface area contributed by atoms with Crippen molar-refractivity contribution in [3.63, 3.8) is 0 Å². The molecular weight excluding hydrogens is 530 g/mol. The highest BCUT2D eigenvalue weighted by atomic mass is 35.5. The maximum atomic E-state index is 14.2. The molecule has 0 saturated heterocycles. The molecular formula is C28H21ClF2N4O4. The van der Waals surface area contributed by atoms with Gasteiger partial charge in [-0.2, -0.15) is 5.26 Å². The Morgan fingerprint density at radius 2 is 1.90 bits per heavy atom. The van der Waals surface area contributed by atoms with E-state index in [1.807, 2.05) is 0 Å². The van der Waals surface area contributed by atoms with Crippen molar-refractivity contribution in [3.8, 4) is 11.8 Å². The van der Waals surface area contributed by atoms with Gasteiger partial charge < -0.3 is 20.5 Å². The van der Waals surface area contributed by atoms with Crippen LogP contribution in [0.15, 0.2) is 48.5 Å². The first-order chi connectivity index (χ1) is 18.7. The predicted octanol–water partition coefficient (Wildman–Crippen LogP) is 5.22. The van der Waals surface area contributed by atoms with E-state index in [1.165, 1.54) is 53.4 Å². The molecule has 11 heteroatoms. The standard InChI is InChI=1S/C28H21ClF2N4O4/c29-20-3-1-14(30)7-17(20)25-24-19(26(37)34-25)9-16(39-13-28(12-32)5-6-28)10-21(24)33-27(38)35-11-23(36)18-8-15(31)2-4-22(18)35/h1-4,7-10,23,25,36H,5-6,11,13H2,(H,33,38)(H,34,37)/t23-,25+/m0/s1. The van der Waals surface area contributed by atoms with Gasteiger partial charge in [-0.25, -0.2) is 13.6 Å². The second kappa shape index (κ2) is 9.22. The van der Waals surface area contributed by atoms with Gasteiger partial charge in [0.05, 0.1) is 47.1 Å². The number of hydrogen-bond donors (Lipinski definition) is 3. The third-order valence-electron chi connectivity index (χ3n) is 7.32. The molecule has 39 heavy (non-hydrogen) atoms. The summed E-state index contributed by atoms with van der Waals surface area (Å²) in [6, 6.07) is 11.3. The van der Waals surface area contributed by atoms with Crippen molar-refractivity contribution in [1.29, 1.82) is 5.26 Å². The van der Waals surface area contributed by atoms with Gasteiger partial charge in [-0.15, -0.1) is 0 Å². The maximum absolute atomic E-state index is 14.2. The van der Waals surface area contributed by atoms with Gasteiger partial charge in [0.1, 0.15) is 24.0 Å². The van der Waals surface area contributed by atoms with Crippen molar-refractivity contribution in [2.24, 2.45) is 5.41 Å². The maximum Gasteiger partial charge on any atom is 0.326 e. The number of β-amino-alcohol motifs (C(OH)–C–C–N with tert-alkyl or cyclic N) is 1. The molecule has 3 aliphatic rings. The Bertz CT molecular complexity index is 1590. The van der Waals surface area contributed by atoms with Crippen LogP contribution in [0.1, 0.15) is 52.0 Å². The van der Waals surface area contributed by atoms with Gasteiger partial charge in [0.2, 0.25) is 0 Å². The molecule has 0 aromatic heterocycles. The quantitative estimate of drug-likeness (QED) is 0.403. The van der Waals surface area contributed by atoms with Gasteiger partial charge in [0, 0.05) is 27.8 Å². The minimum atomic E-state index is -1.08. The molecule has 3 amide bonds. The molecule has 2 aliphatic heterocycles. The van der Waals surface area contributed by atoms with E-state index in [4.69, 9.17) is 16.3 Å². The summed E-state index contributed by atoms with van der Waals surface area (Å²) in [5, 5.41) is 25.6. The van der Waals surface area contributed by atoms with Crippen molar-refractivity contribution < 1.29 is 28.2 Å². The van der Waals surface area contributed by atoms with Crippen LogP contribution in [0.5, 0.6) is 5.75 Å². The number of urea groups is 1.